The van der Waals surface area contributed by atoms with E-state index in [0.29, 0.717) is 5.58 Å². The van der Waals surface area contributed by atoms with Crippen molar-refractivity contribution in [3.05, 3.63) is 24.6 Å². The van der Waals surface area contributed by atoms with Crippen molar-refractivity contribution in [3.63, 3.8) is 0 Å². The number of fused-ring (bicyclic) bond motifs is 1. The molecular formula is C10H10N2O3. The zero-order valence-electron chi connectivity index (χ0n) is 8.19. The summed E-state index contributed by atoms with van der Waals surface area (Å²) < 4.78 is 9.63. The van der Waals surface area contributed by atoms with E-state index in [1.807, 2.05) is 12.1 Å². The van der Waals surface area contributed by atoms with Gasteiger partial charge in [-0.25, -0.2) is 4.98 Å². The Morgan fingerprint density at radius 2 is 2.47 bits per heavy atom. The van der Waals surface area contributed by atoms with Crippen molar-refractivity contribution >= 4 is 22.8 Å². The number of carbonyl (C=O) groups excluding carboxylic acids is 1. The summed E-state index contributed by atoms with van der Waals surface area (Å²) in [4.78, 5) is 14.9. The average Bonchev–Trinajstić information content (AvgIpc) is 2.72. The van der Waals surface area contributed by atoms with Crippen molar-refractivity contribution in [2.24, 2.45) is 0 Å². The highest BCUT2D eigenvalue weighted by molar-refractivity contribution is 5.79. The summed E-state index contributed by atoms with van der Waals surface area (Å²) in [6, 6.07) is 5.43. The molecule has 5 heteroatoms. The highest BCUT2D eigenvalue weighted by Gasteiger charge is 2.02. The number of aromatic nitrogens is 1. The Balaban J connectivity index is 2.11. The van der Waals surface area contributed by atoms with Crippen LogP contribution in [0.5, 0.6) is 0 Å². The number of hydrogen-bond acceptors (Lipinski definition) is 5. The lowest BCUT2D eigenvalue weighted by Gasteiger charge is -2.03. The number of rotatable bonds is 3. The van der Waals surface area contributed by atoms with E-state index in [9.17, 15) is 4.79 Å². The Kier molecular flexibility index (Phi) is 2.53. The predicted octanol–water partition coefficient (Wildman–Crippen LogP) is 1.41. The minimum absolute atomic E-state index is 0.135. The van der Waals surface area contributed by atoms with E-state index in [1.54, 1.807) is 6.07 Å². The maximum absolute atomic E-state index is 10.9. The number of carbonyl (C=O) groups is 1. The number of anilines is 1. The van der Waals surface area contributed by atoms with Gasteiger partial charge in [-0.05, 0) is 12.1 Å². The lowest BCUT2D eigenvalue weighted by atomic mass is 10.3. The second-order valence-corrected chi connectivity index (χ2v) is 2.96. The number of ether oxygens (including phenoxy) is 1. The van der Waals surface area contributed by atoms with Crippen LogP contribution in [-0.2, 0) is 9.53 Å². The third-order valence-electron chi connectivity index (χ3n) is 2.00. The van der Waals surface area contributed by atoms with Crippen LogP contribution in [0.15, 0.2) is 29.0 Å². The number of hydrogen-bond donors (Lipinski definition) is 1. The summed E-state index contributed by atoms with van der Waals surface area (Å²) in [6.07, 6.45) is 1.38. The molecule has 0 fully saturated rings. The second-order valence-electron chi connectivity index (χ2n) is 2.96. The number of nitrogens with one attached hydrogen (secondary N) is 1. The maximum Gasteiger partial charge on any atom is 0.325 e. The molecule has 0 bridgehead atoms. The minimum atomic E-state index is -0.312. The quantitative estimate of drug-likeness (QED) is 0.769. The first-order chi connectivity index (χ1) is 7.29. The van der Waals surface area contributed by atoms with Crippen LogP contribution in [0.25, 0.3) is 11.1 Å². The molecule has 0 radical (unpaired) electrons. The normalized spacial score (nSPS) is 10.2. The first-order valence-corrected chi connectivity index (χ1v) is 4.43. The Hall–Kier alpha value is -2.04. The van der Waals surface area contributed by atoms with Gasteiger partial charge >= 0.3 is 5.97 Å². The Morgan fingerprint density at radius 3 is 3.27 bits per heavy atom. The molecule has 0 aliphatic rings. The molecule has 0 unspecified atom stereocenters. The van der Waals surface area contributed by atoms with Gasteiger partial charge in [0.1, 0.15) is 12.1 Å². The molecule has 1 N–H and O–H groups in total. The fourth-order valence-corrected chi connectivity index (χ4v) is 1.21. The van der Waals surface area contributed by atoms with Crippen LogP contribution in [0, 0.1) is 0 Å². The Labute approximate surface area is 86.0 Å². The number of oxazole rings is 1. The van der Waals surface area contributed by atoms with Crippen LogP contribution in [0.3, 0.4) is 0 Å². The number of nitrogens with zero attached hydrogens (tertiary/aromatic N) is 1. The molecule has 2 rings (SSSR count). The lowest BCUT2D eigenvalue weighted by Crippen LogP contribution is -2.14. The topological polar surface area (TPSA) is 64.4 Å². The molecule has 2 aromatic rings. The van der Waals surface area contributed by atoms with Crippen LogP contribution in [-0.4, -0.2) is 24.6 Å². The largest absolute Gasteiger partial charge is 0.468 e. The smallest absolute Gasteiger partial charge is 0.325 e. The predicted molar refractivity (Wildman–Crippen MR) is 54.5 cm³/mol. The van der Waals surface area contributed by atoms with Gasteiger partial charge in [0.05, 0.1) is 7.11 Å². The molecule has 0 spiro atoms. The van der Waals surface area contributed by atoms with Crippen LogP contribution in [0.2, 0.25) is 0 Å². The van der Waals surface area contributed by atoms with Crippen LogP contribution in [0.1, 0.15) is 0 Å². The molecule has 0 amide bonds. The standard InChI is InChI=1S/C10H10N2O3/c1-14-10(13)5-11-7-2-3-8-9(4-7)15-6-12-8/h2-4,6,11H,5H2,1H3. The molecule has 0 atom stereocenters. The molecule has 1 aromatic heterocycles. The first kappa shape index (κ1) is 9.51. The Bertz CT molecular complexity index is 478. The summed E-state index contributed by atoms with van der Waals surface area (Å²) in [5.74, 6) is -0.312. The van der Waals surface area contributed by atoms with E-state index in [1.165, 1.54) is 13.5 Å². The summed E-state index contributed by atoms with van der Waals surface area (Å²) >= 11 is 0. The van der Waals surface area contributed by atoms with E-state index in [4.69, 9.17) is 4.42 Å². The molecule has 5 nitrogen and oxygen atoms in total. The van der Waals surface area contributed by atoms with Gasteiger partial charge in [-0.3, -0.25) is 4.79 Å². The third-order valence-corrected chi connectivity index (χ3v) is 2.00. The molecule has 0 saturated carbocycles. The summed E-state index contributed by atoms with van der Waals surface area (Å²) in [5.41, 5.74) is 2.27. The summed E-state index contributed by atoms with van der Waals surface area (Å²) in [5, 5.41) is 2.91. The van der Waals surface area contributed by atoms with E-state index >= 15 is 0 Å². The van der Waals surface area contributed by atoms with E-state index in [-0.39, 0.29) is 12.5 Å². The van der Waals surface area contributed by atoms with Crippen molar-refractivity contribution in [1.29, 1.82) is 0 Å². The minimum Gasteiger partial charge on any atom is -0.468 e. The van der Waals surface area contributed by atoms with Crippen molar-refractivity contribution in [3.8, 4) is 0 Å². The van der Waals surface area contributed by atoms with Crippen LogP contribution < -0.4 is 5.32 Å². The molecule has 0 aliphatic carbocycles. The summed E-state index contributed by atoms with van der Waals surface area (Å²) in [7, 11) is 1.35. The van der Waals surface area contributed by atoms with E-state index < -0.39 is 0 Å². The molecule has 0 aliphatic heterocycles. The number of methoxy groups -OCH3 is 1. The van der Waals surface area contributed by atoms with Gasteiger partial charge in [0.2, 0.25) is 0 Å². The highest BCUT2D eigenvalue weighted by Crippen LogP contribution is 2.17. The number of benzene rings is 1. The van der Waals surface area contributed by atoms with Crippen molar-refractivity contribution in [1.82, 2.24) is 4.98 Å². The summed E-state index contributed by atoms with van der Waals surface area (Å²) in [6.45, 7) is 0.135. The van der Waals surface area contributed by atoms with Crippen molar-refractivity contribution in [2.45, 2.75) is 0 Å². The third kappa shape index (κ3) is 2.07. The molecule has 1 heterocycles. The number of esters is 1. The molecule has 1 aromatic carbocycles. The molecule has 0 saturated heterocycles. The van der Waals surface area contributed by atoms with Crippen LogP contribution in [0.4, 0.5) is 5.69 Å². The maximum atomic E-state index is 10.9. The molecule has 78 valence electrons. The Morgan fingerprint density at radius 1 is 1.60 bits per heavy atom. The fourth-order valence-electron chi connectivity index (χ4n) is 1.21. The lowest BCUT2D eigenvalue weighted by molar-refractivity contribution is -0.138. The van der Waals surface area contributed by atoms with Gasteiger partial charge in [0.25, 0.3) is 0 Å². The zero-order chi connectivity index (χ0) is 10.7. The second kappa shape index (κ2) is 4.00. The van der Waals surface area contributed by atoms with Gasteiger partial charge in [-0.15, -0.1) is 0 Å². The molecular weight excluding hydrogens is 196 g/mol. The van der Waals surface area contributed by atoms with Gasteiger partial charge in [0, 0.05) is 11.8 Å². The van der Waals surface area contributed by atoms with Gasteiger partial charge < -0.3 is 14.5 Å². The van der Waals surface area contributed by atoms with Gasteiger partial charge in [-0.2, -0.15) is 0 Å². The van der Waals surface area contributed by atoms with Crippen molar-refractivity contribution < 1.29 is 13.9 Å². The first-order valence-electron chi connectivity index (χ1n) is 4.43. The van der Waals surface area contributed by atoms with Crippen molar-refractivity contribution in [2.75, 3.05) is 19.0 Å². The monoisotopic (exact) mass is 206 g/mol. The van der Waals surface area contributed by atoms with E-state index in [0.717, 1.165) is 11.2 Å². The van der Waals surface area contributed by atoms with E-state index in [2.05, 4.69) is 15.0 Å². The highest BCUT2D eigenvalue weighted by atomic mass is 16.5. The zero-order valence-corrected chi connectivity index (χ0v) is 8.19. The van der Waals surface area contributed by atoms with Crippen LogP contribution >= 0.6 is 0 Å². The average molecular weight is 206 g/mol. The van der Waals surface area contributed by atoms with Gasteiger partial charge in [0.15, 0.2) is 12.0 Å². The van der Waals surface area contributed by atoms with Gasteiger partial charge in [-0.1, -0.05) is 0 Å². The SMILES string of the molecule is COC(=O)CNc1ccc2ncoc2c1. The molecule has 15 heavy (non-hydrogen) atoms. The fraction of sp³-hybridized carbons (Fsp3) is 0.200.